The van der Waals surface area contributed by atoms with Crippen LogP contribution in [-0.4, -0.2) is 146 Å². The van der Waals surface area contributed by atoms with E-state index in [1.165, 1.54) is 61.3 Å². The smallest absolute Gasteiger partial charge is 0.411 e. The number of anilines is 2. The van der Waals surface area contributed by atoms with Crippen LogP contribution in [0.3, 0.4) is 0 Å². The van der Waals surface area contributed by atoms with Gasteiger partial charge >= 0.3 is 18.3 Å². The lowest BCUT2D eigenvalue weighted by Gasteiger charge is -2.25. The zero-order chi connectivity index (χ0) is 54.9. The molecule has 0 spiro atoms. The minimum Gasteiger partial charge on any atom is -0.493 e. The Balaban J connectivity index is 1.24. The third-order valence-electron chi connectivity index (χ3n) is 11.8. The quantitative estimate of drug-likeness (QED) is 0.0474. The zero-order valence-electron chi connectivity index (χ0n) is 42.6. The number of nitrogens with zero attached hydrogens (tertiary/aromatic N) is 2. The number of rotatable bonds is 24. The van der Waals surface area contributed by atoms with Crippen molar-refractivity contribution in [3.63, 3.8) is 0 Å². The molecule has 3 aromatic rings. The maximum absolute atomic E-state index is 14.1. The topological polar surface area (TPSA) is 305 Å². The van der Waals surface area contributed by atoms with Crippen LogP contribution in [0.5, 0.6) is 28.7 Å². The molecule has 0 bridgehead atoms. The number of ether oxygens (including phenoxy) is 7. The molecular formula is C52H65N7O16. The summed E-state index contributed by atoms with van der Waals surface area (Å²) >= 11 is 0. The van der Waals surface area contributed by atoms with Crippen LogP contribution in [0.1, 0.15) is 66.3 Å². The summed E-state index contributed by atoms with van der Waals surface area (Å²) in [5.74, 6) is -2.21. The molecule has 0 saturated carbocycles. The molecule has 404 valence electrons. The average molecular weight is 1040 g/mol. The number of methoxy groups -OCH3 is 2. The van der Waals surface area contributed by atoms with Gasteiger partial charge in [-0.3, -0.25) is 24.5 Å². The second-order valence-electron chi connectivity index (χ2n) is 17.8. The van der Waals surface area contributed by atoms with E-state index >= 15 is 0 Å². The van der Waals surface area contributed by atoms with Crippen molar-refractivity contribution in [2.24, 2.45) is 11.7 Å². The standard InChI is InChI=1S/C52H65N7O16/c1-9-15-73-52(68)57-45(29(2)3)47(63)54-32(6)46(62)55-34-13-11-33(12-14-34)28-74-51(67)56-39-22-43(41(69-7)20-37(39)48(64)58-24-30(4)18-35(58)26-60)71-16-10-17-72-44-23-40(75-50(53)66)38(21-42(44)70-8)49(65)59-25-31(5)19-36(59)27-61/h9,11-14,20-23,29,32,35-36,45,60-61H,1,4-5,10,15-19,24-28H2,2-3,6-8H3,(H2,53,66)(H,54,63)(H,55,62)(H,56,67)(H,57,68)/t32-,35-,36-,45-/m0/s1. The van der Waals surface area contributed by atoms with E-state index in [1.54, 1.807) is 38.1 Å². The van der Waals surface area contributed by atoms with Crippen molar-refractivity contribution in [2.75, 3.05) is 71.0 Å². The van der Waals surface area contributed by atoms with Crippen molar-refractivity contribution < 1.29 is 76.9 Å². The lowest BCUT2D eigenvalue weighted by Crippen LogP contribution is -2.53. The molecule has 2 aliphatic heterocycles. The van der Waals surface area contributed by atoms with E-state index in [2.05, 4.69) is 41.0 Å². The molecule has 4 atom stereocenters. The number of hydrogen-bond acceptors (Lipinski definition) is 16. The van der Waals surface area contributed by atoms with Crippen LogP contribution in [0.4, 0.5) is 25.8 Å². The van der Waals surface area contributed by atoms with Gasteiger partial charge < -0.3 is 74.9 Å². The summed E-state index contributed by atoms with van der Waals surface area (Å²) in [7, 11) is 2.73. The minimum atomic E-state index is -1.18. The molecule has 0 aromatic heterocycles. The van der Waals surface area contributed by atoms with Gasteiger partial charge in [0.25, 0.3) is 11.8 Å². The van der Waals surface area contributed by atoms with Crippen LogP contribution in [0.2, 0.25) is 0 Å². The molecule has 5 rings (SSSR count). The van der Waals surface area contributed by atoms with Crippen LogP contribution >= 0.6 is 0 Å². The first kappa shape index (κ1) is 57.6. The number of aliphatic hydroxyl groups is 2. The Bertz CT molecular complexity index is 2620. The van der Waals surface area contributed by atoms with Crippen molar-refractivity contribution in [1.82, 2.24) is 20.4 Å². The number of carbonyl (C=O) groups is 7. The van der Waals surface area contributed by atoms with Gasteiger partial charge in [-0.15, -0.1) is 0 Å². The fourth-order valence-electron chi connectivity index (χ4n) is 8.01. The summed E-state index contributed by atoms with van der Waals surface area (Å²) in [6.07, 6.45) is -0.515. The fraction of sp³-hybridized carbons (Fsp3) is 0.404. The number of hydrogen-bond donors (Lipinski definition) is 7. The van der Waals surface area contributed by atoms with Crippen molar-refractivity contribution in [2.45, 2.75) is 70.8 Å². The summed E-state index contributed by atoms with van der Waals surface area (Å²) in [6, 6.07) is 8.75. The molecular weight excluding hydrogens is 979 g/mol. The highest BCUT2D eigenvalue weighted by molar-refractivity contribution is 6.04. The molecule has 2 fully saturated rings. The van der Waals surface area contributed by atoms with Gasteiger partial charge in [-0.05, 0) is 49.4 Å². The van der Waals surface area contributed by atoms with Gasteiger partial charge in [0.15, 0.2) is 23.0 Å². The van der Waals surface area contributed by atoms with Crippen LogP contribution in [0.25, 0.3) is 0 Å². The van der Waals surface area contributed by atoms with Gasteiger partial charge in [0.1, 0.15) is 31.0 Å². The molecule has 2 aliphatic rings. The van der Waals surface area contributed by atoms with Gasteiger partial charge in [-0.25, -0.2) is 14.4 Å². The van der Waals surface area contributed by atoms with Crippen molar-refractivity contribution >= 4 is 53.3 Å². The van der Waals surface area contributed by atoms with E-state index in [0.29, 0.717) is 24.1 Å². The first-order valence-electron chi connectivity index (χ1n) is 23.8. The largest absolute Gasteiger partial charge is 0.493 e. The normalized spacial score (nSPS) is 15.8. The zero-order valence-corrected chi connectivity index (χ0v) is 42.6. The first-order chi connectivity index (χ1) is 35.8. The number of carbonyl (C=O) groups excluding carboxylic acids is 7. The van der Waals surface area contributed by atoms with Crippen molar-refractivity contribution in [1.29, 1.82) is 0 Å². The highest BCUT2D eigenvalue weighted by Gasteiger charge is 2.35. The van der Waals surface area contributed by atoms with E-state index in [4.69, 9.17) is 38.9 Å². The van der Waals surface area contributed by atoms with Gasteiger partial charge in [0.2, 0.25) is 11.8 Å². The fourth-order valence-corrected chi connectivity index (χ4v) is 8.01. The Morgan fingerprint density at radius 2 is 1.28 bits per heavy atom. The Hall–Kier alpha value is -8.31. The lowest BCUT2D eigenvalue weighted by atomic mass is 10.0. The number of nitrogens with one attached hydrogen (secondary N) is 4. The Morgan fingerprint density at radius 3 is 1.81 bits per heavy atom. The summed E-state index contributed by atoms with van der Waals surface area (Å²) in [5.41, 5.74) is 7.67. The van der Waals surface area contributed by atoms with Crippen LogP contribution in [0, 0.1) is 5.92 Å². The third kappa shape index (κ3) is 15.6. The molecule has 0 aliphatic carbocycles. The first-order valence-corrected chi connectivity index (χ1v) is 23.8. The summed E-state index contributed by atoms with van der Waals surface area (Å²) in [4.78, 5) is 93.9. The molecule has 0 unspecified atom stereocenters. The monoisotopic (exact) mass is 1040 g/mol. The van der Waals surface area contributed by atoms with Crippen LogP contribution in [-0.2, 0) is 25.7 Å². The van der Waals surface area contributed by atoms with Gasteiger partial charge in [0, 0.05) is 43.4 Å². The highest BCUT2D eigenvalue weighted by Crippen LogP contribution is 2.39. The second kappa shape index (κ2) is 27.1. The Kier molecular flexibility index (Phi) is 20.8. The number of likely N-dealkylation sites (tertiary alicyclic amines) is 2. The van der Waals surface area contributed by atoms with Gasteiger partial charge in [-0.1, -0.05) is 62.9 Å². The molecule has 23 nitrogen and oxygen atoms in total. The summed E-state index contributed by atoms with van der Waals surface area (Å²) < 4.78 is 38.8. The molecule has 23 heteroatoms. The number of amides is 7. The van der Waals surface area contributed by atoms with Crippen LogP contribution < -0.4 is 50.7 Å². The molecule has 8 N–H and O–H groups in total. The Morgan fingerprint density at radius 1 is 0.720 bits per heavy atom. The Labute approximate surface area is 433 Å². The van der Waals surface area contributed by atoms with Gasteiger partial charge in [0.05, 0.1) is 69.5 Å². The SMILES string of the molecule is C=CCOC(=O)N[C@H](C(=O)N[C@@H](C)C(=O)Nc1ccc(COC(=O)Nc2cc(OCCCOc3cc(OC(N)=O)c(C(=O)N4CC(=C)C[C@H]4CO)cc3OC)c(OC)cc2C(=O)N2CC(=C)C[C@H]2CO)cc1)C(C)C. The maximum atomic E-state index is 14.1. The van der Waals surface area contributed by atoms with E-state index in [9.17, 15) is 43.8 Å². The molecule has 2 heterocycles. The number of benzene rings is 3. The summed E-state index contributed by atoms with van der Waals surface area (Å²) in [6.45, 7) is 15.8. The molecule has 3 aromatic carbocycles. The molecule has 0 radical (unpaired) electrons. The lowest BCUT2D eigenvalue weighted by molar-refractivity contribution is -0.128. The third-order valence-corrected chi connectivity index (χ3v) is 11.8. The summed E-state index contributed by atoms with van der Waals surface area (Å²) in [5, 5.41) is 30.4. The van der Waals surface area contributed by atoms with Crippen molar-refractivity contribution in [3.8, 4) is 28.7 Å². The maximum Gasteiger partial charge on any atom is 0.411 e. The molecule has 75 heavy (non-hydrogen) atoms. The van der Waals surface area contributed by atoms with E-state index < -0.39 is 66.1 Å². The average Bonchev–Trinajstić information content (AvgIpc) is 3.97. The predicted octanol–water partition coefficient (Wildman–Crippen LogP) is 4.66. The number of aliphatic hydroxyl groups excluding tert-OH is 2. The highest BCUT2D eigenvalue weighted by atomic mass is 16.6. The minimum absolute atomic E-state index is 0.00134. The number of nitrogens with two attached hydrogens (primary N) is 1. The van der Waals surface area contributed by atoms with E-state index in [-0.39, 0.29) is 111 Å². The van der Waals surface area contributed by atoms with E-state index in [1.807, 2.05) is 0 Å². The van der Waals surface area contributed by atoms with Crippen LogP contribution in [0.15, 0.2) is 85.5 Å². The van der Waals surface area contributed by atoms with Crippen molar-refractivity contribution in [3.05, 3.63) is 102 Å². The number of primary amides is 1. The second-order valence-corrected chi connectivity index (χ2v) is 17.8. The number of alkyl carbamates (subject to hydrolysis) is 1. The molecule has 2 saturated heterocycles. The molecule has 7 amide bonds. The predicted molar refractivity (Wildman–Crippen MR) is 273 cm³/mol. The van der Waals surface area contributed by atoms with Gasteiger partial charge in [-0.2, -0.15) is 0 Å². The van der Waals surface area contributed by atoms with E-state index in [0.717, 1.165) is 11.1 Å².